The molecule has 0 saturated carbocycles. The van der Waals surface area contributed by atoms with Crippen LogP contribution in [0.15, 0.2) is 18.3 Å². The largest absolute Gasteiger partial charge is 0.392 e. The summed E-state index contributed by atoms with van der Waals surface area (Å²) in [6.07, 6.45) is 2.29. The van der Waals surface area contributed by atoms with Gasteiger partial charge in [-0.3, -0.25) is 4.79 Å². The number of aliphatic hydroxyl groups is 1. The van der Waals surface area contributed by atoms with E-state index in [1.807, 2.05) is 0 Å². The highest BCUT2D eigenvalue weighted by molar-refractivity contribution is 8.13. The lowest BCUT2D eigenvalue weighted by Gasteiger charge is -1.94. The molecule has 1 aromatic rings. The van der Waals surface area contributed by atoms with Crippen molar-refractivity contribution < 1.29 is 9.90 Å². The normalized spacial score (nSPS) is 9.38. The highest BCUT2D eigenvalue weighted by Crippen LogP contribution is 2.03. The average molecular weight is 235 g/mol. The number of aliphatic hydroxyl groups excluding tert-OH is 1. The minimum atomic E-state index is -0.00259. The van der Waals surface area contributed by atoms with Crippen LogP contribution >= 0.6 is 11.8 Å². The van der Waals surface area contributed by atoms with Crippen molar-refractivity contribution in [3.8, 4) is 11.8 Å². The molecule has 84 valence electrons. The molecule has 0 amide bonds. The fourth-order valence-electron chi connectivity index (χ4n) is 1.04. The summed E-state index contributed by atoms with van der Waals surface area (Å²) in [6, 6.07) is 3.50. The van der Waals surface area contributed by atoms with E-state index in [2.05, 4.69) is 16.8 Å². The van der Waals surface area contributed by atoms with Crippen LogP contribution in [-0.2, 0) is 11.4 Å². The molecule has 0 fully saturated rings. The van der Waals surface area contributed by atoms with Crippen LogP contribution < -0.4 is 0 Å². The van der Waals surface area contributed by atoms with Crippen molar-refractivity contribution in [2.75, 3.05) is 5.75 Å². The number of carbonyl (C=O) groups is 1. The average Bonchev–Trinajstić information content (AvgIpc) is 2.28. The SMILES string of the molecule is CC(=O)SCCC#Cc1cc(CO)ccn1. The Kier molecular flexibility index (Phi) is 5.62. The van der Waals surface area contributed by atoms with Gasteiger partial charge in [0.2, 0.25) is 0 Å². The van der Waals surface area contributed by atoms with Crippen molar-refractivity contribution in [2.45, 2.75) is 20.0 Å². The van der Waals surface area contributed by atoms with Crippen molar-refractivity contribution in [3.05, 3.63) is 29.6 Å². The summed E-state index contributed by atoms with van der Waals surface area (Å²) >= 11 is 1.27. The molecule has 0 unspecified atom stereocenters. The molecular formula is C12H13NO2S. The van der Waals surface area contributed by atoms with Gasteiger partial charge in [-0.2, -0.15) is 0 Å². The Bertz CT molecular complexity index is 421. The van der Waals surface area contributed by atoms with Crippen molar-refractivity contribution in [1.29, 1.82) is 0 Å². The molecule has 0 aliphatic carbocycles. The third-order valence-corrected chi connectivity index (χ3v) is 2.57. The van der Waals surface area contributed by atoms with E-state index < -0.39 is 0 Å². The molecule has 0 saturated heterocycles. The Morgan fingerprint density at radius 3 is 3.12 bits per heavy atom. The monoisotopic (exact) mass is 235 g/mol. The molecule has 1 heterocycles. The summed E-state index contributed by atoms with van der Waals surface area (Å²) in [4.78, 5) is 14.7. The van der Waals surface area contributed by atoms with Crippen LogP contribution in [0.1, 0.15) is 24.6 Å². The first-order valence-corrected chi connectivity index (χ1v) is 5.89. The molecule has 4 heteroatoms. The summed E-state index contributed by atoms with van der Waals surface area (Å²) in [7, 11) is 0. The van der Waals surface area contributed by atoms with Gasteiger partial charge in [0.1, 0.15) is 5.69 Å². The molecule has 1 N–H and O–H groups in total. The van der Waals surface area contributed by atoms with Gasteiger partial charge in [0.05, 0.1) is 6.61 Å². The fourth-order valence-corrected chi connectivity index (χ4v) is 1.53. The number of hydrogen-bond donors (Lipinski definition) is 1. The molecular weight excluding hydrogens is 222 g/mol. The van der Waals surface area contributed by atoms with Gasteiger partial charge in [-0.25, -0.2) is 4.98 Å². The molecule has 1 aromatic heterocycles. The Balaban J connectivity index is 2.46. The van der Waals surface area contributed by atoms with E-state index in [-0.39, 0.29) is 11.7 Å². The highest BCUT2D eigenvalue weighted by Gasteiger charge is 1.93. The van der Waals surface area contributed by atoms with Gasteiger partial charge in [-0.1, -0.05) is 17.7 Å². The first kappa shape index (κ1) is 12.8. The minimum absolute atomic E-state index is 0.00259. The van der Waals surface area contributed by atoms with Gasteiger partial charge in [0.25, 0.3) is 0 Å². The van der Waals surface area contributed by atoms with Gasteiger partial charge < -0.3 is 5.11 Å². The number of pyridine rings is 1. The second-order valence-electron chi connectivity index (χ2n) is 3.10. The Morgan fingerprint density at radius 1 is 1.62 bits per heavy atom. The molecule has 0 radical (unpaired) electrons. The molecule has 0 aromatic carbocycles. The summed E-state index contributed by atoms with van der Waals surface area (Å²) < 4.78 is 0. The first-order chi connectivity index (χ1) is 7.72. The van der Waals surface area contributed by atoms with Crippen LogP contribution in [0.25, 0.3) is 0 Å². The standard InChI is InChI=1S/C12H13NO2S/c1-10(15)16-7-3-2-4-12-8-11(9-14)5-6-13-12/h5-6,8,14H,3,7,9H2,1H3. The molecule has 0 bridgehead atoms. The summed E-state index contributed by atoms with van der Waals surface area (Å²) in [5, 5.41) is 9.03. The van der Waals surface area contributed by atoms with Crippen LogP contribution in [0.2, 0.25) is 0 Å². The smallest absolute Gasteiger partial charge is 0.185 e. The molecule has 16 heavy (non-hydrogen) atoms. The van der Waals surface area contributed by atoms with E-state index in [9.17, 15) is 4.79 Å². The van der Waals surface area contributed by atoms with Crippen molar-refractivity contribution in [3.63, 3.8) is 0 Å². The predicted molar refractivity (Wildman–Crippen MR) is 64.8 cm³/mol. The molecule has 3 nitrogen and oxygen atoms in total. The third kappa shape index (κ3) is 4.96. The van der Waals surface area contributed by atoms with E-state index in [1.54, 1.807) is 25.3 Å². The van der Waals surface area contributed by atoms with Crippen LogP contribution in [-0.4, -0.2) is 21.0 Å². The highest BCUT2D eigenvalue weighted by atomic mass is 32.2. The molecule has 0 aliphatic heterocycles. The topological polar surface area (TPSA) is 50.2 Å². The van der Waals surface area contributed by atoms with Gasteiger partial charge in [0.15, 0.2) is 5.12 Å². The third-order valence-electron chi connectivity index (χ3n) is 1.76. The van der Waals surface area contributed by atoms with Crippen LogP contribution in [0, 0.1) is 11.8 Å². The van der Waals surface area contributed by atoms with E-state index in [4.69, 9.17) is 5.11 Å². The number of thioether (sulfide) groups is 1. The second kappa shape index (κ2) is 7.04. The summed E-state index contributed by atoms with van der Waals surface area (Å²) in [5.41, 5.74) is 1.46. The number of hydrogen-bond acceptors (Lipinski definition) is 4. The van der Waals surface area contributed by atoms with Crippen molar-refractivity contribution >= 4 is 16.9 Å². The van der Waals surface area contributed by atoms with Crippen LogP contribution in [0.5, 0.6) is 0 Å². The predicted octanol–water partition coefficient (Wildman–Crippen LogP) is 1.60. The van der Waals surface area contributed by atoms with E-state index >= 15 is 0 Å². The van der Waals surface area contributed by atoms with Gasteiger partial charge in [-0.15, -0.1) is 0 Å². The minimum Gasteiger partial charge on any atom is -0.392 e. The summed E-state index contributed by atoms with van der Waals surface area (Å²) in [6.45, 7) is 1.54. The van der Waals surface area contributed by atoms with Gasteiger partial charge >= 0.3 is 0 Å². The lowest BCUT2D eigenvalue weighted by Crippen LogP contribution is -1.88. The van der Waals surface area contributed by atoms with E-state index in [0.717, 1.165) is 5.56 Å². The maximum atomic E-state index is 10.6. The Hall–Kier alpha value is -1.31. The number of rotatable bonds is 3. The first-order valence-electron chi connectivity index (χ1n) is 4.90. The lowest BCUT2D eigenvalue weighted by atomic mass is 10.2. The van der Waals surface area contributed by atoms with Crippen molar-refractivity contribution in [1.82, 2.24) is 4.98 Å². The quantitative estimate of drug-likeness (QED) is 0.638. The zero-order valence-electron chi connectivity index (χ0n) is 9.06. The van der Waals surface area contributed by atoms with Crippen LogP contribution in [0.4, 0.5) is 0 Å². The van der Waals surface area contributed by atoms with E-state index in [1.165, 1.54) is 11.8 Å². The van der Waals surface area contributed by atoms with E-state index in [0.29, 0.717) is 17.9 Å². The van der Waals surface area contributed by atoms with Crippen molar-refractivity contribution in [2.24, 2.45) is 0 Å². The van der Waals surface area contributed by atoms with Crippen LogP contribution in [0.3, 0.4) is 0 Å². The molecule has 0 spiro atoms. The van der Waals surface area contributed by atoms with Gasteiger partial charge in [0, 0.05) is 25.3 Å². The lowest BCUT2D eigenvalue weighted by molar-refractivity contribution is -0.109. The second-order valence-corrected chi connectivity index (χ2v) is 4.37. The maximum absolute atomic E-state index is 10.6. The summed E-state index contributed by atoms with van der Waals surface area (Å²) in [5.74, 6) is 6.55. The Morgan fingerprint density at radius 2 is 2.44 bits per heavy atom. The zero-order chi connectivity index (χ0) is 11.8. The number of nitrogens with zero attached hydrogens (tertiary/aromatic N) is 1. The number of aromatic nitrogens is 1. The maximum Gasteiger partial charge on any atom is 0.185 e. The zero-order valence-corrected chi connectivity index (χ0v) is 9.88. The molecule has 0 aliphatic rings. The van der Waals surface area contributed by atoms with Gasteiger partial charge in [-0.05, 0) is 23.6 Å². The molecule has 1 rings (SSSR count). The fraction of sp³-hybridized carbons (Fsp3) is 0.333. The Labute approximate surface area is 99.3 Å². The number of carbonyl (C=O) groups excluding carboxylic acids is 1. The molecule has 0 atom stereocenters.